The van der Waals surface area contributed by atoms with Gasteiger partial charge in [0.15, 0.2) is 11.6 Å². The topological polar surface area (TPSA) is 46.2 Å². The smallest absolute Gasteiger partial charge is 0.169 e. The van der Waals surface area contributed by atoms with Crippen LogP contribution in [0.1, 0.15) is 46.1 Å². The Morgan fingerprint density at radius 2 is 2.19 bits per heavy atom. The lowest BCUT2D eigenvalue weighted by Gasteiger charge is -2.28. The van der Waals surface area contributed by atoms with Gasteiger partial charge in [-0.05, 0) is 46.6 Å². The molecular formula is C16H26FN3O. The Balaban J connectivity index is 2.03. The number of aromatic nitrogens is 1. The second kappa shape index (κ2) is 6.71. The van der Waals surface area contributed by atoms with Crippen LogP contribution in [0.25, 0.3) is 0 Å². The average molecular weight is 295 g/mol. The molecule has 1 aliphatic heterocycles. The third-order valence-electron chi connectivity index (χ3n) is 3.60. The van der Waals surface area contributed by atoms with Crippen molar-refractivity contribution in [2.24, 2.45) is 0 Å². The fourth-order valence-electron chi connectivity index (χ4n) is 2.40. The van der Waals surface area contributed by atoms with Crippen molar-refractivity contribution in [2.45, 2.75) is 64.8 Å². The van der Waals surface area contributed by atoms with Crippen LogP contribution in [-0.2, 0) is 11.3 Å². The number of hydrogen-bond donors (Lipinski definition) is 2. The van der Waals surface area contributed by atoms with Crippen LogP contribution in [0.3, 0.4) is 0 Å². The molecule has 2 unspecified atom stereocenters. The van der Waals surface area contributed by atoms with E-state index in [9.17, 15) is 4.39 Å². The molecule has 0 radical (unpaired) electrons. The van der Waals surface area contributed by atoms with E-state index in [2.05, 4.69) is 36.4 Å². The fourth-order valence-corrected chi connectivity index (χ4v) is 2.40. The van der Waals surface area contributed by atoms with Crippen LogP contribution in [0.15, 0.2) is 12.3 Å². The van der Waals surface area contributed by atoms with E-state index < -0.39 is 0 Å². The van der Waals surface area contributed by atoms with Gasteiger partial charge in [0.25, 0.3) is 0 Å². The minimum Gasteiger partial charge on any atom is -0.378 e. The maximum atomic E-state index is 14.5. The Hall–Kier alpha value is -1.20. The highest BCUT2D eigenvalue weighted by Crippen LogP contribution is 2.21. The third-order valence-corrected chi connectivity index (χ3v) is 3.60. The van der Waals surface area contributed by atoms with Crippen LogP contribution in [-0.4, -0.2) is 29.3 Å². The van der Waals surface area contributed by atoms with Crippen LogP contribution in [0.4, 0.5) is 10.2 Å². The van der Waals surface area contributed by atoms with Crippen LogP contribution in [0, 0.1) is 5.82 Å². The van der Waals surface area contributed by atoms with Gasteiger partial charge in [-0.15, -0.1) is 0 Å². The van der Waals surface area contributed by atoms with Gasteiger partial charge in [0.2, 0.25) is 0 Å². The van der Waals surface area contributed by atoms with E-state index in [-0.39, 0.29) is 23.5 Å². The molecule has 2 heterocycles. The summed E-state index contributed by atoms with van der Waals surface area (Å²) in [6, 6.07) is 1.95. The molecular weight excluding hydrogens is 269 g/mol. The predicted octanol–water partition coefficient (Wildman–Crippen LogP) is 3.09. The summed E-state index contributed by atoms with van der Waals surface area (Å²) in [5, 5.41) is 6.52. The molecule has 1 aromatic heterocycles. The second-order valence-corrected chi connectivity index (χ2v) is 6.78. The molecule has 0 saturated carbocycles. The van der Waals surface area contributed by atoms with Crippen molar-refractivity contribution < 1.29 is 9.13 Å². The lowest BCUT2D eigenvalue weighted by Crippen LogP contribution is -2.35. The first kappa shape index (κ1) is 16.2. The maximum Gasteiger partial charge on any atom is 0.169 e. The van der Waals surface area contributed by atoms with Crippen LogP contribution >= 0.6 is 0 Å². The summed E-state index contributed by atoms with van der Waals surface area (Å²) in [5.41, 5.74) is 0.599. The van der Waals surface area contributed by atoms with E-state index in [1.807, 2.05) is 6.92 Å². The van der Waals surface area contributed by atoms with Gasteiger partial charge in [-0.3, -0.25) is 0 Å². The van der Waals surface area contributed by atoms with Gasteiger partial charge < -0.3 is 15.4 Å². The highest BCUT2D eigenvalue weighted by Gasteiger charge is 2.21. The zero-order valence-electron chi connectivity index (χ0n) is 13.4. The van der Waals surface area contributed by atoms with Gasteiger partial charge in [0, 0.05) is 36.5 Å². The summed E-state index contributed by atoms with van der Waals surface area (Å²) in [6.45, 7) is 9.45. The lowest BCUT2D eigenvalue weighted by atomic mass is 10.0. The summed E-state index contributed by atoms with van der Waals surface area (Å²) in [4.78, 5) is 4.15. The van der Waals surface area contributed by atoms with E-state index in [1.165, 1.54) is 0 Å². The number of halogens is 1. The van der Waals surface area contributed by atoms with Gasteiger partial charge in [0.1, 0.15) is 0 Å². The van der Waals surface area contributed by atoms with Gasteiger partial charge >= 0.3 is 0 Å². The monoisotopic (exact) mass is 295 g/mol. The molecule has 2 N–H and O–H groups in total. The Bertz CT molecular complexity index is 473. The molecule has 4 nitrogen and oxygen atoms in total. The SMILES string of the molecule is CC1CC(Nc2nccc(CNC(C)(C)C)c2F)CCO1. The van der Waals surface area contributed by atoms with E-state index in [1.54, 1.807) is 12.3 Å². The van der Waals surface area contributed by atoms with Crippen LogP contribution < -0.4 is 10.6 Å². The van der Waals surface area contributed by atoms with Crippen molar-refractivity contribution in [3.05, 3.63) is 23.6 Å². The van der Waals surface area contributed by atoms with Gasteiger partial charge in [-0.1, -0.05) is 0 Å². The summed E-state index contributed by atoms with van der Waals surface area (Å²) in [7, 11) is 0. The van der Waals surface area contributed by atoms with Gasteiger partial charge in [-0.2, -0.15) is 0 Å². The van der Waals surface area contributed by atoms with Crippen molar-refractivity contribution in [3.63, 3.8) is 0 Å². The lowest BCUT2D eigenvalue weighted by molar-refractivity contribution is 0.0231. The summed E-state index contributed by atoms with van der Waals surface area (Å²) >= 11 is 0. The normalized spacial score (nSPS) is 23.1. The van der Waals surface area contributed by atoms with E-state index in [0.717, 1.165) is 12.8 Å². The minimum absolute atomic E-state index is 0.0422. The zero-order chi connectivity index (χ0) is 15.5. The molecule has 0 amide bonds. The molecule has 1 aliphatic rings. The summed E-state index contributed by atoms with van der Waals surface area (Å²) in [6.07, 6.45) is 3.64. The fraction of sp³-hybridized carbons (Fsp3) is 0.688. The standard InChI is InChI=1S/C16H26FN3O/c1-11-9-13(6-8-21-11)20-15-14(17)12(5-7-18-15)10-19-16(2,3)4/h5,7,11,13,19H,6,8-10H2,1-4H3,(H,18,20). The minimum atomic E-state index is -0.256. The number of anilines is 1. The molecule has 0 bridgehead atoms. The van der Waals surface area contributed by atoms with Crippen molar-refractivity contribution in [1.29, 1.82) is 0 Å². The van der Waals surface area contributed by atoms with E-state index >= 15 is 0 Å². The number of ether oxygens (including phenoxy) is 1. The number of nitrogens with one attached hydrogen (secondary N) is 2. The van der Waals surface area contributed by atoms with Crippen molar-refractivity contribution in [1.82, 2.24) is 10.3 Å². The summed E-state index contributed by atoms with van der Waals surface area (Å²) < 4.78 is 20.0. The Kier molecular flexibility index (Phi) is 5.17. The molecule has 21 heavy (non-hydrogen) atoms. The molecule has 2 rings (SSSR count). The number of nitrogens with zero attached hydrogens (tertiary/aromatic N) is 1. The zero-order valence-corrected chi connectivity index (χ0v) is 13.4. The number of hydrogen-bond acceptors (Lipinski definition) is 4. The van der Waals surface area contributed by atoms with Crippen molar-refractivity contribution >= 4 is 5.82 Å². The molecule has 0 aliphatic carbocycles. The molecule has 1 aromatic rings. The molecule has 0 spiro atoms. The van der Waals surface area contributed by atoms with Gasteiger partial charge in [0.05, 0.1) is 6.10 Å². The predicted molar refractivity (Wildman–Crippen MR) is 82.8 cm³/mol. The van der Waals surface area contributed by atoms with Crippen molar-refractivity contribution in [2.75, 3.05) is 11.9 Å². The average Bonchev–Trinajstić information content (AvgIpc) is 2.39. The first-order valence-corrected chi connectivity index (χ1v) is 7.62. The van der Waals surface area contributed by atoms with E-state index in [4.69, 9.17) is 4.74 Å². The molecule has 1 fully saturated rings. The molecule has 0 aromatic carbocycles. The van der Waals surface area contributed by atoms with Crippen LogP contribution in [0.2, 0.25) is 0 Å². The third kappa shape index (κ3) is 4.93. The Morgan fingerprint density at radius 1 is 1.43 bits per heavy atom. The Morgan fingerprint density at radius 3 is 2.86 bits per heavy atom. The Labute approximate surface area is 126 Å². The van der Waals surface area contributed by atoms with E-state index in [0.29, 0.717) is 24.5 Å². The van der Waals surface area contributed by atoms with Crippen molar-refractivity contribution in [3.8, 4) is 0 Å². The summed E-state index contributed by atoms with van der Waals surface area (Å²) in [5.74, 6) is 0.0932. The molecule has 5 heteroatoms. The highest BCUT2D eigenvalue weighted by molar-refractivity contribution is 5.41. The van der Waals surface area contributed by atoms with Crippen LogP contribution in [0.5, 0.6) is 0 Å². The molecule has 118 valence electrons. The number of pyridine rings is 1. The number of rotatable bonds is 4. The quantitative estimate of drug-likeness (QED) is 0.896. The maximum absolute atomic E-state index is 14.5. The molecule has 2 atom stereocenters. The first-order chi connectivity index (χ1) is 9.85. The van der Waals surface area contributed by atoms with Gasteiger partial charge in [-0.25, -0.2) is 9.37 Å². The largest absolute Gasteiger partial charge is 0.378 e. The molecule has 1 saturated heterocycles. The second-order valence-electron chi connectivity index (χ2n) is 6.78. The first-order valence-electron chi connectivity index (χ1n) is 7.62. The highest BCUT2D eigenvalue weighted by atomic mass is 19.1.